The zero-order chi connectivity index (χ0) is 16.2. The summed E-state index contributed by atoms with van der Waals surface area (Å²) in [5.74, 6) is -0.224. The van der Waals surface area contributed by atoms with Crippen molar-refractivity contribution in [2.24, 2.45) is 5.18 Å². The van der Waals surface area contributed by atoms with Gasteiger partial charge in [-0.1, -0.05) is 11.6 Å². The summed E-state index contributed by atoms with van der Waals surface area (Å²) in [6, 6.07) is 2.49. The van der Waals surface area contributed by atoms with Crippen LogP contribution in [0.1, 0.15) is 18.1 Å². The Morgan fingerprint density at radius 3 is 2.38 bits per heavy atom. The van der Waals surface area contributed by atoms with Gasteiger partial charge in [0.25, 0.3) is 0 Å². The molecule has 0 aliphatic rings. The lowest BCUT2D eigenvalue weighted by molar-refractivity contribution is -0.421. The fourth-order valence-electron chi connectivity index (χ4n) is 1.69. The third-order valence-corrected chi connectivity index (χ3v) is 2.76. The average molecular weight is 315 g/mol. The van der Waals surface area contributed by atoms with Crippen molar-refractivity contribution in [2.75, 3.05) is 0 Å². The minimum absolute atomic E-state index is 0.0976. The molecule has 0 atom stereocenters. The molecule has 0 heterocycles. The monoisotopic (exact) mass is 314 g/mol. The van der Waals surface area contributed by atoms with Gasteiger partial charge in [-0.3, -0.25) is 10.1 Å². The molecular formula is C13H12ClFN2O4. The zero-order valence-electron chi connectivity index (χ0n) is 11.5. The second kappa shape index (κ2) is 6.94. The first kappa shape index (κ1) is 16.8. The van der Waals surface area contributed by atoms with E-state index in [2.05, 4.69) is 5.18 Å². The highest BCUT2D eigenvalue weighted by Gasteiger charge is 2.18. The van der Waals surface area contributed by atoms with Gasteiger partial charge in [-0.05, 0) is 42.3 Å². The summed E-state index contributed by atoms with van der Waals surface area (Å²) in [4.78, 5) is 20.4. The van der Waals surface area contributed by atoms with Gasteiger partial charge in [0.05, 0.1) is 11.0 Å². The number of benzene rings is 1. The first-order valence-corrected chi connectivity index (χ1v) is 6.14. The smallest absolute Gasteiger partial charge is 0.310 e. The lowest BCUT2D eigenvalue weighted by Crippen LogP contribution is -2.06. The van der Waals surface area contributed by atoms with Gasteiger partial charge >= 0.3 is 5.70 Å². The predicted octanol–water partition coefficient (Wildman–Crippen LogP) is 4.18. The first-order chi connectivity index (χ1) is 9.76. The van der Waals surface area contributed by atoms with Crippen molar-refractivity contribution in [2.45, 2.75) is 20.8 Å². The van der Waals surface area contributed by atoms with Crippen molar-refractivity contribution in [1.29, 1.82) is 0 Å². The van der Waals surface area contributed by atoms with Crippen LogP contribution in [0.2, 0.25) is 0 Å². The maximum absolute atomic E-state index is 13.2. The molecule has 0 spiro atoms. The van der Waals surface area contributed by atoms with Gasteiger partial charge < -0.3 is 4.74 Å². The van der Waals surface area contributed by atoms with Crippen molar-refractivity contribution >= 4 is 11.6 Å². The van der Waals surface area contributed by atoms with Gasteiger partial charge in [0.2, 0.25) is 0 Å². The number of aryl methyl sites for hydroxylation is 2. The van der Waals surface area contributed by atoms with Gasteiger partial charge in [0.15, 0.2) is 10.9 Å². The molecule has 6 nitrogen and oxygen atoms in total. The van der Waals surface area contributed by atoms with Gasteiger partial charge in [0, 0.05) is 6.92 Å². The maximum Gasteiger partial charge on any atom is 0.310 e. The number of nitro groups is 1. The SMILES string of the molecule is C/C(Oc1c(C)cc(F)cc1C)=C(\C=C(\Cl)N=O)[N+](=O)[O-]. The van der Waals surface area contributed by atoms with E-state index in [1.54, 1.807) is 13.8 Å². The summed E-state index contributed by atoms with van der Waals surface area (Å²) in [7, 11) is 0. The molecule has 0 amide bonds. The molecule has 0 bridgehead atoms. The number of allylic oxidation sites excluding steroid dienone is 2. The summed E-state index contributed by atoms with van der Waals surface area (Å²) < 4.78 is 18.6. The number of nitroso groups, excluding NO2 is 1. The van der Waals surface area contributed by atoms with Crippen molar-refractivity contribution in [3.63, 3.8) is 0 Å². The Hall–Kier alpha value is -2.28. The first-order valence-electron chi connectivity index (χ1n) is 5.76. The Morgan fingerprint density at radius 2 is 1.95 bits per heavy atom. The van der Waals surface area contributed by atoms with E-state index < -0.39 is 21.6 Å². The molecule has 0 radical (unpaired) electrons. The van der Waals surface area contributed by atoms with Gasteiger partial charge in [-0.2, -0.15) is 0 Å². The highest BCUT2D eigenvalue weighted by atomic mass is 35.5. The van der Waals surface area contributed by atoms with E-state index in [-0.39, 0.29) is 5.76 Å². The highest BCUT2D eigenvalue weighted by molar-refractivity contribution is 6.29. The number of halogens is 2. The molecule has 0 fully saturated rings. The van der Waals surface area contributed by atoms with Crippen molar-refractivity contribution in [1.82, 2.24) is 0 Å². The van der Waals surface area contributed by atoms with Crippen LogP contribution in [0.15, 0.2) is 40.0 Å². The van der Waals surface area contributed by atoms with Crippen LogP contribution in [0.4, 0.5) is 4.39 Å². The second-order valence-corrected chi connectivity index (χ2v) is 4.61. The Bertz CT molecular complexity index is 633. The van der Waals surface area contributed by atoms with E-state index in [0.717, 1.165) is 6.08 Å². The molecule has 0 saturated heterocycles. The second-order valence-electron chi connectivity index (χ2n) is 4.23. The quantitative estimate of drug-likeness (QED) is 0.204. The van der Waals surface area contributed by atoms with Crippen LogP contribution in [0.25, 0.3) is 0 Å². The Labute approximate surface area is 125 Å². The molecule has 0 aliphatic heterocycles. The van der Waals surface area contributed by atoms with Crippen molar-refractivity contribution in [3.8, 4) is 5.75 Å². The molecule has 112 valence electrons. The molecule has 8 heteroatoms. The minimum atomic E-state index is -0.753. The number of ether oxygens (including phenoxy) is 1. The molecule has 0 unspecified atom stereocenters. The molecule has 21 heavy (non-hydrogen) atoms. The van der Waals surface area contributed by atoms with E-state index in [1.165, 1.54) is 19.1 Å². The number of hydrogen-bond acceptors (Lipinski definition) is 5. The molecular weight excluding hydrogens is 303 g/mol. The molecule has 1 aromatic rings. The van der Waals surface area contributed by atoms with Crippen LogP contribution in [0, 0.1) is 34.7 Å². The van der Waals surface area contributed by atoms with E-state index in [9.17, 15) is 19.4 Å². The fourth-order valence-corrected chi connectivity index (χ4v) is 1.79. The lowest BCUT2D eigenvalue weighted by Gasteiger charge is -2.12. The molecule has 0 N–H and O–H groups in total. The zero-order valence-corrected chi connectivity index (χ0v) is 12.3. The average Bonchev–Trinajstić information content (AvgIpc) is 2.39. The van der Waals surface area contributed by atoms with Crippen LogP contribution in [-0.2, 0) is 0 Å². The van der Waals surface area contributed by atoms with Gasteiger partial charge in [-0.25, -0.2) is 4.39 Å². The molecule has 0 saturated carbocycles. The maximum atomic E-state index is 13.2. The van der Waals surface area contributed by atoms with Crippen molar-refractivity contribution < 1.29 is 14.1 Å². The van der Waals surface area contributed by atoms with Crippen LogP contribution >= 0.6 is 11.6 Å². The lowest BCUT2D eigenvalue weighted by atomic mass is 10.1. The third kappa shape index (κ3) is 4.35. The summed E-state index contributed by atoms with van der Waals surface area (Å²) in [5, 5.41) is 12.8. The van der Waals surface area contributed by atoms with Crippen LogP contribution < -0.4 is 4.74 Å². The van der Waals surface area contributed by atoms with Gasteiger partial charge in [-0.15, -0.1) is 4.91 Å². The Morgan fingerprint density at radius 1 is 1.43 bits per heavy atom. The Kier molecular flexibility index (Phi) is 5.54. The van der Waals surface area contributed by atoms with Crippen LogP contribution in [0.3, 0.4) is 0 Å². The van der Waals surface area contributed by atoms with E-state index in [4.69, 9.17) is 16.3 Å². The molecule has 1 rings (SSSR count). The highest BCUT2D eigenvalue weighted by Crippen LogP contribution is 2.27. The topological polar surface area (TPSA) is 81.8 Å². The molecule has 0 aliphatic carbocycles. The summed E-state index contributed by atoms with van der Waals surface area (Å²) in [6.07, 6.45) is 0.790. The normalized spacial score (nSPS) is 12.7. The van der Waals surface area contributed by atoms with Crippen LogP contribution in [-0.4, -0.2) is 4.92 Å². The fraction of sp³-hybridized carbons (Fsp3) is 0.231. The number of hydrogen-bond donors (Lipinski definition) is 0. The largest absolute Gasteiger partial charge is 0.454 e. The minimum Gasteiger partial charge on any atom is -0.454 e. The van der Waals surface area contributed by atoms with E-state index in [0.29, 0.717) is 16.9 Å². The number of rotatable bonds is 5. The predicted molar refractivity (Wildman–Crippen MR) is 75.9 cm³/mol. The van der Waals surface area contributed by atoms with Gasteiger partial charge in [0.1, 0.15) is 11.6 Å². The number of nitrogens with zero attached hydrogens (tertiary/aromatic N) is 2. The Balaban J connectivity index is 3.29. The standard InChI is InChI=1S/C13H12ClFN2O4/c1-7-4-10(15)5-8(2)13(7)21-9(3)11(17(19)20)6-12(14)16-18/h4-6H,1-3H3/b11-9-,12-6-. The van der Waals surface area contributed by atoms with E-state index >= 15 is 0 Å². The van der Waals surface area contributed by atoms with Crippen molar-refractivity contribution in [3.05, 3.63) is 66.8 Å². The summed E-state index contributed by atoms with van der Waals surface area (Å²) in [6.45, 7) is 4.56. The molecule has 1 aromatic carbocycles. The third-order valence-electron chi connectivity index (χ3n) is 2.58. The summed E-state index contributed by atoms with van der Waals surface area (Å²) >= 11 is 5.37. The molecule has 0 aromatic heterocycles. The summed E-state index contributed by atoms with van der Waals surface area (Å²) in [5.41, 5.74) is 0.457. The van der Waals surface area contributed by atoms with Crippen LogP contribution in [0.5, 0.6) is 5.75 Å². The van der Waals surface area contributed by atoms with E-state index in [1.807, 2.05) is 0 Å².